The van der Waals surface area contributed by atoms with E-state index in [0.717, 1.165) is 44.5 Å². The Hall–Kier alpha value is -2.41. The maximum Gasteiger partial charge on any atom is 0.325 e. The van der Waals surface area contributed by atoms with Gasteiger partial charge in [0.15, 0.2) is 0 Å². The van der Waals surface area contributed by atoms with Crippen molar-refractivity contribution in [1.82, 2.24) is 20.0 Å². The van der Waals surface area contributed by atoms with Gasteiger partial charge in [-0.3, -0.25) is 14.5 Å². The fourth-order valence-electron chi connectivity index (χ4n) is 5.23. The number of piperidine rings is 2. The Morgan fingerprint density at radius 1 is 1.13 bits per heavy atom. The highest BCUT2D eigenvalue weighted by Gasteiger charge is 2.54. The van der Waals surface area contributed by atoms with Crippen LogP contribution in [0.4, 0.5) is 4.79 Å². The number of rotatable bonds is 6. The standard InChI is InChI=1S/C24H34N4O3/c1-2-14-26-16-12-24(13-17-26)22(30)28(23(31)25-24)20-9-6-15-27(18-20)21(29)11-10-19-7-4-3-5-8-19/h3-5,7-8,20H,2,6,9-18H2,1H3,(H,25,31)/t20-/m0/s1. The van der Waals surface area contributed by atoms with Gasteiger partial charge in [0.2, 0.25) is 5.91 Å². The molecule has 1 spiro atoms. The lowest BCUT2D eigenvalue weighted by Gasteiger charge is -2.39. The first-order chi connectivity index (χ1) is 15.0. The number of amides is 4. The van der Waals surface area contributed by atoms with Gasteiger partial charge in [0.1, 0.15) is 5.54 Å². The van der Waals surface area contributed by atoms with E-state index in [2.05, 4.69) is 17.1 Å². The largest absolute Gasteiger partial charge is 0.341 e. The van der Waals surface area contributed by atoms with E-state index in [1.807, 2.05) is 35.2 Å². The molecule has 0 unspecified atom stereocenters. The quantitative estimate of drug-likeness (QED) is 0.709. The van der Waals surface area contributed by atoms with Gasteiger partial charge in [0.05, 0.1) is 6.04 Å². The van der Waals surface area contributed by atoms with Gasteiger partial charge in [0.25, 0.3) is 5.91 Å². The number of hydrogen-bond acceptors (Lipinski definition) is 4. The Labute approximate surface area is 184 Å². The molecule has 3 fully saturated rings. The van der Waals surface area contributed by atoms with Crippen LogP contribution in [0.15, 0.2) is 30.3 Å². The molecule has 1 aromatic rings. The van der Waals surface area contributed by atoms with Gasteiger partial charge < -0.3 is 15.1 Å². The van der Waals surface area contributed by atoms with E-state index < -0.39 is 5.54 Å². The minimum Gasteiger partial charge on any atom is -0.341 e. The maximum atomic E-state index is 13.4. The zero-order chi connectivity index (χ0) is 21.8. The zero-order valence-corrected chi connectivity index (χ0v) is 18.5. The van der Waals surface area contributed by atoms with Crippen LogP contribution in [0.2, 0.25) is 0 Å². The van der Waals surface area contributed by atoms with Crippen molar-refractivity contribution < 1.29 is 14.4 Å². The number of carbonyl (C=O) groups excluding carboxylic acids is 3. The summed E-state index contributed by atoms with van der Waals surface area (Å²) in [5.74, 6) is 0.0143. The van der Waals surface area contributed by atoms with E-state index >= 15 is 0 Å². The summed E-state index contributed by atoms with van der Waals surface area (Å²) < 4.78 is 0. The number of hydrogen-bond donors (Lipinski definition) is 1. The number of likely N-dealkylation sites (tertiary alicyclic amines) is 2. The molecule has 1 aromatic carbocycles. The van der Waals surface area contributed by atoms with Crippen molar-refractivity contribution in [3.8, 4) is 0 Å². The molecule has 0 radical (unpaired) electrons. The molecule has 0 bridgehead atoms. The number of nitrogens with one attached hydrogen (secondary N) is 1. The van der Waals surface area contributed by atoms with Gasteiger partial charge in [-0.2, -0.15) is 0 Å². The molecule has 0 aliphatic carbocycles. The third kappa shape index (κ3) is 4.61. The molecule has 1 N–H and O–H groups in total. The van der Waals surface area contributed by atoms with Crippen molar-refractivity contribution in [2.45, 2.75) is 63.5 Å². The average Bonchev–Trinajstić information content (AvgIpc) is 3.03. The lowest BCUT2D eigenvalue weighted by molar-refractivity contribution is -0.139. The van der Waals surface area contributed by atoms with Crippen molar-refractivity contribution >= 4 is 17.8 Å². The number of urea groups is 1. The van der Waals surface area contributed by atoms with Crippen LogP contribution in [-0.2, 0) is 16.0 Å². The summed E-state index contributed by atoms with van der Waals surface area (Å²) in [6.07, 6.45) is 5.17. The Balaban J connectivity index is 1.36. The average molecular weight is 427 g/mol. The first-order valence-electron chi connectivity index (χ1n) is 11.7. The number of imide groups is 1. The van der Waals surface area contributed by atoms with Crippen LogP contribution in [0.25, 0.3) is 0 Å². The molecule has 1 atom stereocenters. The lowest BCUT2D eigenvalue weighted by atomic mass is 9.87. The van der Waals surface area contributed by atoms with Gasteiger partial charge in [-0.15, -0.1) is 0 Å². The van der Waals surface area contributed by atoms with Crippen molar-refractivity contribution in [2.75, 3.05) is 32.7 Å². The highest BCUT2D eigenvalue weighted by Crippen LogP contribution is 2.32. The summed E-state index contributed by atoms with van der Waals surface area (Å²) in [5.41, 5.74) is 0.399. The van der Waals surface area contributed by atoms with Crippen LogP contribution in [-0.4, -0.2) is 76.8 Å². The van der Waals surface area contributed by atoms with Crippen molar-refractivity contribution in [2.24, 2.45) is 0 Å². The Kier molecular flexibility index (Phi) is 6.60. The Morgan fingerprint density at radius 2 is 1.87 bits per heavy atom. The molecular weight excluding hydrogens is 392 g/mol. The van der Waals surface area contributed by atoms with Crippen molar-refractivity contribution in [3.05, 3.63) is 35.9 Å². The van der Waals surface area contributed by atoms with Gasteiger partial charge in [-0.1, -0.05) is 37.3 Å². The highest BCUT2D eigenvalue weighted by atomic mass is 16.2. The predicted octanol–water partition coefficient (Wildman–Crippen LogP) is 2.41. The summed E-state index contributed by atoms with van der Waals surface area (Å²) in [7, 11) is 0. The number of carbonyl (C=O) groups is 3. The second-order valence-corrected chi connectivity index (χ2v) is 9.15. The van der Waals surface area contributed by atoms with Gasteiger partial charge in [-0.05, 0) is 50.6 Å². The van der Waals surface area contributed by atoms with Crippen molar-refractivity contribution in [1.29, 1.82) is 0 Å². The van der Waals surface area contributed by atoms with E-state index in [1.165, 1.54) is 4.90 Å². The van der Waals surface area contributed by atoms with E-state index in [-0.39, 0.29) is 23.9 Å². The van der Waals surface area contributed by atoms with E-state index in [9.17, 15) is 14.4 Å². The minimum absolute atomic E-state index is 0.0859. The first-order valence-corrected chi connectivity index (χ1v) is 11.7. The molecule has 168 valence electrons. The molecule has 7 heteroatoms. The third-order valence-electron chi connectivity index (χ3n) is 7.03. The van der Waals surface area contributed by atoms with Gasteiger partial charge in [-0.25, -0.2) is 4.79 Å². The zero-order valence-electron chi connectivity index (χ0n) is 18.5. The summed E-state index contributed by atoms with van der Waals surface area (Å²) in [6, 6.07) is 9.50. The van der Waals surface area contributed by atoms with Gasteiger partial charge >= 0.3 is 6.03 Å². The van der Waals surface area contributed by atoms with Crippen LogP contribution in [0, 0.1) is 0 Å². The summed E-state index contributed by atoms with van der Waals surface area (Å²) in [4.78, 5) is 44.6. The third-order valence-corrected chi connectivity index (χ3v) is 7.03. The Bertz CT molecular complexity index is 804. The smallest absolute Gasteiger partial charge is 0.325 e. The monoisotopic (exact) mass is 426 g/mol. The van der Waals surface area contributed by atoms with Crippen LogP contribution >= 0.6 is 0 Å². The molecule has 0 aromatic heterocycles. The highest BCUT2D eigenvalue weighted by molar-refractivity contribution is 6.07. The normalized spacial score (nSPS) is 24.0. The predicted molar refractivity (Wildman–Crippen MR) is 118 cm³/mol. The summed E-state index contributed by atoms with van der Waals surface area (Å²) in [6.45, 7) is 6.01. The minimum atomic E-state index is -0.749. The Morgan fingerprint density at radius 3 is 2.58 bits per heavy atom. The van der Waals surface area contributed by atoms with Crippen LogP contribution in [0.1, 0.15) is 51.0 Å². The lowest BCUT2D eigenvalue weighted by Crippen LogP contribution is -2.56. The molecule has 0 saturated carbocycles. The summed E-state index contributed by atoms with van der Waals surface area (Å²) >= 11 is 0. The maximum absolute atomic E-state index is 13.4. The topological polar surface area (TPSA) is 73.0 Å². The molecule has 3 aliphatic heterocycles. The van der Waals surface area contributed by atoms with Gasteiger partial charge in [0, 0.05) is 32.6 Å². The fraction of sp³-hybridized carbons (Fsp3) is 0.625. The SMILES string of the molecule is CCCN1CCC2(CC1)NC(=O)N([C@H]1CCCN(C(=O)CCc3ccccc3)C1)C2=O. The number of aryl methyl sites for hydroxylation is 1. The molecule has 3 saturated heterocycles. The van der Waals surface area contributed by atoms with E-state index in [0.29, 0.717) is 38.8 Å². The van der Waals surface area contributed by atoms with Crippen molar-refractivity contribution in [3.63, 3.8) is 0 Å². The number of nitrogens with zero attached hydrogens (tertiary/aromatic N) is 3. The summed E-state index contributed by atoms with van der Waals surface area (Å²) in [5, 5.41) is 3.03. The second kappa shape index (κ2) is 9.39. The van der Waals surface area contributed by atoms with Crippen LogP contribution in [0.5, 0.6) is 0 Å². The van der Waals surface area contributed by atoms with Crippen LogP contribution < -0.4 is 5.32 Å². The fourth-order valence-corrected chi connectivity index (χ4v) is 5.23. The molecule has 31 heavy (non-hydrogen) atoms. The molecule has 4 rings (SSSR count). The number of benzene rings is 1. The first kappa shape index (κ1) is 21.8. The second-order valence-electron chi connectivity index (χ2n) is 9.15. The molecule has 7 nitrogen and oxygen atoms in total. The molecule has 3 aliphatic rings. The molecule has 3 heterocycles. The van der Waals surface area contributed by atoms with E-state index in [1.54, 1.807) is 0 Å². The molecular formula is C24H34N4O3. The van der Waals surface area contributed by atoms with Crippen LogP contribution in [0.3, 0.4) is 0 Å². The molecule has 4 amide bonds. The van der Waals surface area contributed by atoms with E-state index in [4.69, 9.17) is 0 Å².